The normalized spacial score (nSPS) is 24.0. The van der Waals surface area contributed by atoms with Gasteiger partial charge >= 0.3 is 12.0 Å². The van der Waals surface area contributed by atoms with E-state index >= 15 is 0 Å². The molecule has 2 aliphatic rings. The second-order valence-electron chi connectivity index (χ2n) is 7.51. The Hall–Kier alpha value is -2.22. The summed E-state index contributed by atoms with van der Waals surface area (Å²) in [5.41, 5.74) is -0.145. The number of thioether (sulfide) groups is 1. The summed E-state index contributed by atoms with van der Waals surface area (Å²) < 4.78 is 0. The summed E-state index contributed by atoms with van der Waals surface area (Å²) in [6.07, 6.45) is 2.26. The predicted octanol–water partition coefficient (Wildman–Crippen LogP) is 1.48. The van der Waals surface area contributed by atoms with Gasteiger partial charge < -0.3 is 19.8 Å². The maximum absolute atomic E-state index is 12.7. The lowest BCUT2D eigenvalue weighted by Gasteiger charge is -2.27. The second-order valence-corrected chi connectivity index (χ2v) is 8.39. The zero-order valence-corrected chi connectivity index (χ0v) is 16.7. The summed E-state index contributed by atoms with van der Waals surface area (Å²) in [6, 6.07) is 7.65. The number of carbonyl (C=O) groups is 3. The Morgan fingerprint density at radius 1 is 1.15 bits per heavy atom. The molecule has 2 fully saturated rings. The highest BCUT2D eigenvalue weighted by Gasteiger charge is 2.59. The van der Waals surface area contributed by atoms with Gasteiger partial charge in [0.15, 0.2) is 0 Å². The van der Waals surface area contributed by atoms with Gasteiger partial charge in [-0.05, 0) is 24.0 Å². The van der Waals surface area contributed by atoms with E-state index < -0.39 is 11.4 Å². The number of hydrogen-bond acceptors (Lipinski definition) is 4. The fourth-order valence-corrected chi connectivity index (χ4v) is 4.42. The number of benzene rings is 1. The van der Waals surface area contributed by atoms with Crippen LogP contribution in [-0.2, 0) is 16.0 Å². The van der Waals surface area contributed by atoms with Gasteiger partial charge in [-0.15, -0.1) is 11.8 Å². The first-order chi connectivity index (χ1) is 12.8. The molecule has 2 heterocycles. The summed E-state index contributed by atoms with van der Waals surface area (Å²) in [4.78, 5) is 42.8. The molecule has 3 amide bonds. The van der Waals surface area contributed by atoms with Crippen LogP contribution in [0.5, 0.6) is 0 Å². The molecule has 0 spiro atoms. The number of nitrogens with zero attached hydrogens (tertiary/aromatic N) is 3. The first kappa shape index (κ1) is 19.5. The number of amides is 3. The second kappa shape index (κ2) is 7.42. The number of hydrogen-bond donors (Lipinski definition) is 1. The van der Waals surface area contributed by atoms with Gasteiger partial charge in [0.2, 0.25) is 5.91 Å². The van der Waals surface area contributed by atoms with Gasteiger partial charge in [-0.1, -0.05) is 12.1 Å². The Balaban J connectivity index is 1.69. The molecule has 1 N–H and O–H groups in total. The molecule has 0 saturated carbocycles. The summed E-state index contributed by atoms with van der Waals surface area (Å²) >= 11 is 1.64. The van der Waals surface area contributed by atoms with Crippen molar-refractivity contribution in [2.24, 2.45) is 11.3 Å². The average Bonchev–Trinajstić information content (AvgIpc) is 3.17. The minimum atomic E-state index is -1.07. The van der Waals surface area contributed by atoms with E-state index in [1.54, 1.807) is 35.7 Å². The van der Waals surface area contributed by atoms with Gasteiger partial charge in [0.25, 0.3) is 0 Å². The van der Waals surface area contributed by atoms with Crippen molar-refractivity contribution in [2.75, 3.05) is 46.5 Å². The Kier molecular flexibility index (Phi) is 5.37. The smallest absolute Gasteiger partial charge is 0.319 e. The van der Waals surface area contributed by atoms with Gasteiger partial charge in [-0.2, -0.15) is 0 Å². The van der Waals surface area contributed by atoms with E-state index in [-0.39, 0.29) is 37.4 Å². The van der Waals surface area contributed by atoms with Crippen LogP contribution in [0.4, 0.5) is 4.79 Å². The number of rotatable bonds is 4. The van der Waals surface area contributed by atoms with Crippen LogP contribution in [0.3, 0.4) is 0 Å². The van der Waals surface area contributed by atoms with Crippen molar-refractivity contribution in [1.29, 1.82) is 0 Å². The Labute approximate surface area is 163 Å². The van der Waals surface area contributed by atoms with Crippen molar-refractivity contribution in [1.82, 2.24) is 14.7 Å². The highest BCUT2D eigenvalue weighted by Crippen LogP contribution is 2.43. The van der Waals surface area contributed by atoms with E-state index in [0.29, 0.717) is 13.1 Å². The zero-order valence-electron chi connectivity index (χ0n) is 15.8. The molecule has 0 radical (unpaired) electrons. The van der Waals surface area contributed by atoms with E-state index in [0.717, 1.165) is 10.5 Å². The quantitative estimate of drug-likeness (QED) is 0.787. The Bertz CT molecular complexity index is 752. The standard InChI is InChI=1S/C19H25N3O4S/c1-20(2)18(26)22-10-14-9-21(11-19(14,12-22)17(24)25)16(23)8-13-4-6-15(27-3)7-5-13/h4-7,14H,8-12H2,1-3H3,(H,24,25)/t14-,19-/m0/s1. The average molecular weight is 391 g/mol. The molecular formula is C19H25N3O4S. The van der Waals surface area contributed by atoms with Gasteiger partial charge in [0.1, 0.15) is 5.41 Å². The number of urea groups is 1. The molecular weight excluding hydrogens is 366 g/mol. The van der Waals surface area contributed by atoms with E-state index in [4.69, 9.17) is 0 Å². The highest BCUT2D eigenvalue weighted by atomic mass is 32.2. The largest absolute Gasteiger partial charge is 0.481 e. The predicted molar refractivity (Wildman–Crippen MR) is 103 cm³/mol. The molecule has 2 atom stereocenters. The molecule has 2 saturated heterocycles. The first-order valence-corrected chi connectivity index (χ1v) is 10.1. The van der Waals surface area contributed by atoms with Crippen LogP contribution < -0.4 is 0 Å². The minimum absolute atomic E-state index is 0.0626. The lowest BCUT2D eigenvalue weighted by atomic mass is 9.81. The molecule has 7 nitrogen and oxygen atoms in total. The lowest BCUT2D eigenvalue weighted by molar-refractivity contribution is -0.149. The van der Waals surface area contributed by atoms with E-state index in [2.05, 4.69) is 0 Å². The van der Waals surface area contributed by atoms with Crippen molar-refractivity contribution >= 4 is 29.7 Å². The van der Waals surface area contributed by atoms with Crippen LogP contribution in [0, 0.1) is 11.3 Å². The van der Waals surface area contributed by atoms with Crippen molar-refractivity contribution in [3.05, 3.63) is 29.8 Å². The molecule has 1 aromatic rings. The third kappa shape index (κ3) is 3.63. The molecule has 27 heavy (non-hydrogen) atoms. The summed E-state index contributed by atoms with van der Waals surface area (Å²) in [6.45, 7) is 1.06. The molecule has 0 aliphatic carbocycles. The molecule has 1 aromatic carbocycles. The van der Waals surface area contributed by atoms with E-state index in [1.807, 2.05) is 30.5 Å². The lowest BCUT2D eigenvalue weighted by Crippen LogP contribution is -2.45. The molecule has 8 heteroatoms. The number of fused-ring (bicyclic) bond motifs is 1. The molecule has 0 unspecified atom stereocenters. The van der Waals surface area contributed by atoms with Crippen molar-refractivity contribution < 1.29 is 19.5 Å². The van der Waals surface area contributed by atoms with Crippen LogP contribution in [0.2, 0.25) is 0 Å². The number of likely N-dealkylation sites (tertiary alicyclic amines) is 2. The molecule has 3 rings (SSSR count). The molecule has 146 valence electrons. The topological polar surface area (TPSA) is 81.2 Å². The third-order valence-corrected chi connectivity index (χ3v) is 6.30. The summed E-state index contributed by atoms with van der Waals surface area (Å²) in [5.74, 6) is -1.23. The van der Waals surface area contributed by atoms with Gasteiger partial charge in [0, 0.05) is 51.1 Å². The SMILES string of the molecule is CSc1ccc(CC(=O)N2C[C@H]3CN(C(=O)N(C)C)C[C@@]3(C(=O)O)C2)cc1. The summed E-state index contributed by atoms with van der Waals surface area (Å²) in [7, 11) is 3.31. The van der Waals surface area contributed by atoms with Crippen molar-refractivity contribution in [2.45, 2.75) is 11.3 Å². The van der Waals surface area contributed by atoms with Crippen LogP contribution >= 0.6 is 11.8 Å². The van der Waals surface area contributed by atoms with Gasteiger partial charge in [-0.3, -0.25) is 9.59 Å². The molecule has 0 bridgehead atoms. The monoisotopic (exact) mass is 391 g/mol. The van der Waals surface area contributed by atoms with Crippen molar-refractivity contribution in [3.63, 3.8) is 0 Å². The maximum atomic E-state index is 12.7. The number of aliphatic carboxylic acids is 1. The minimum Gasteiger partial charge on any atom is -0.481 e. The molecule has 2 aliphatic heterocycles. The van der Waals surface area contributed by atoms with Gasteiger partial charge in [-0.25, -0.2) is 4.79 Å². The Morgan fingerprint density at radius 2 is 1.74 bits per heavy atom. The first-order valence-electron chi connectivity index (χ1n) is 8.87. The number of carbonyl (C=O) groups excluding carboxylic acids is 2. The van der Waals surface area contributed by atoms with Crippen molar-refractivity contribution in [3.8, 4) is 0 Å². The Morgan fingerprint density at radius 3 is 2.26 bits per heavy atom. The number of carboxylic acids is 1. The number of carboxylic acid groups (broad SMARTS) is 1. The maximum Gasteiger partial charge on any atom is 0.319 e. The van der Waals surface area contributed by atoms with E-state index in [9.17, 15) is 19.5 Å². The third-order valence-electron chi connectivity index (χ3n) is 5.56. The van der Waals surface area contributed by atoms with E-state index in [1.165, 1.54) is 4.90 Å². The highest BCUT2D eigenvalue weighted by molar-refractivity contribution is 7.98. The van der Waals surface area contributed by atoms with Crippen LogP contribution in [-0.4, -0.2) is 84.2 Å². The fraction of sp³-hybridized carbons (Fsp3) is 0.526. The van der Waals surface area contributed by atoms with Gasteiger partial charge in [0.05, 0.1) is 6.42 Å². The fourth-order valence-electron chi connectivity index (χ4n) is 4.02. The summed E-state index contributed by atoms with van der Waals surface area (Å²) in [5, 5.41) is 9.87. The van der Waals surface area contributed by atoms with Crippen LogP contribution in [0.25, 0.3) is 0 Å². The zero-order chi connectivity index (χ0) is 19.8. The van der Waals surface area contributed by atoms with Crippen LogP contribution in [0.15, 0.2) is 29.2 Å². The van der Waals surface area contributed by atoms with Crippen LogP contribution in [0.1, 0.15) is 5.56 Å². The molecule has 0 aromatic heterocycles.